The molecule has 2 aromatic rings. The van der Waals surface area contributed by atoms with Crippen molar-refractivity contribution in [3.8, 4) is 17.7 Å². The second kappa shape index (κ2) is 7.10. The highest BCUT2D eigenvalue weighted by atomic mass is 16.5. The zero-order chi connectivity index (χ0) is 15.1. The first-order valence-corrected chi connectivity index (χ1v) is 6.48. The van der Waals surface area contributed by atoms with Crippen LogP contribution in [0.15, 0.2) is 41.2 Å². The molecule has 1 aromatic carbocycles. The Morgan fingerprint density at radius 1 is 1.33 bits per heavy atom. The minimum absolute atomic E-state index is 0.178. The Hall–Kier alpha value is -2.81. The van der Waals surface area contributed by atoms with Crippen LogP contribution in [0.25, 0.3) is 0 Å². The SMILES string of the molecule is COc1ccc(=O)n(CCCOc2cccc(C#N)c2)n1. The van der Waals surface area contributed by atoms with Gasteiger partial charge >= 0.3 is 0 Å². The van der Waals surface area contributed by atoms with Gasteiger partial charge in [0.15, 0.2) is 0 Å². The number of aryl methyl sites for hydroxylation is 1. The van der Waals surface area contributed by atoms with Crippen molar-refractivity contribution in [1.82, 2.24) is 9.78 Å². The molecule has 0 fully saturated rings. The first-order valence-electron chi connectivity index (χ1n) is 6.48. The Kier molecular flexibility index (Phi) is 4.94. The molecule has 0 saturated heterocycles. The molecule has 0 aliphatic carbocycles. The predicted octanol–water partition coefficient (Wildman–Crippen LogP) is 1.59. The lowest BCUT2D eigenvalue weighted by Crippen LogP contribution is -2.23. The van der Waals surface area contributed by atoms with E-state index in [-0.39, 0.29) is 5.56 Å². The molecule has 108 valence electrons. The van der Waals surface area contributed by atoms with Gasteiger partial charge in [-0.25, -0.2) is 4.68 Å². The molecule has 1 heterocycles. The molecule has 0 saturated carbocycles. The molecule has 0 amide bonds. The van der Waals surface area contributed by atoms with E-state index >= 15 is 0 Å². The third kappa shape index (κ3) is 4.08. The average molecular weight is 285 g/mol. The standard InChI is InChI=1S/C15H15N3O3/c1-20-14-6-7-15(19)18(17-14)8-3-9-21-13-5-2-4-12(10-13)11-16/h2,4-7,10H,3,8-9H2,1H3. The molecule has 21 heavy (non-hydrogen) atoms. The second-order valence-electron chi connectivity index (χ2n) is 4.28. The van der Waals surface area contributed by atoms with Crippen molar-refractivity contribution in [2.75, 3.05) is 13.7 Å². The van der Waals surface area contributed by atoms with Crippen molar-refractivity contribution in [2.24, 2.45) is 0 Å². The van der Waals surface area contributed by atoms with E-state index in [1.54, 1.807) is 24.3 Å². The summed E-state index contributed by atoms with van der Waals surface area (Å²) in [5, 5.41) is 12.8. The van der Waals surface area contributed by atoms with Gasteiger partial charge in [-0.3, -0.25) is 4.79 Å². The van der Waals surface area contributed by atoms with Gasteiger partial charge < -0.3 is 9.47 Å². The second-order valence-corrected chi connectivity index (χ2v) is 4.28. The Morgan fingerprint density at radius 3 is 2.95 bits per heavy atom. The number of aromatic nitrogens is 2. The largest absolute Gasteiger partial charge is 0.493 e. The van der Waals surface area contributed by atoms with E-state index in [1.807, 2.05) is 0 Å². The van der Waals surface area contributed by atoms with Gasteiger partial charge in [-0.1, -0.05) is 6.07 Å². The van der Waals surface area contributed by atoms with Crippen LogP contribution >= 0.6 is 0 Å². The molecule has 0 unspecified atom stereocenters. The van der Waals surface area contributed by atoms with Crippen molar-refractivity contribution >= 4 is 0 Å². The van der Waals surface area contributed by atoms with Crippen molar-refractivity contribution in [3.63, 3.8) is 0 Å². The van der Waals surface area contributed by atoms with Gasteiger partial charge in [0.25, 0.3) is 5.56 Å². The monoisotopic (exact) mass is 285 g/mol. The lowest BCUT2D eigenvalue weighted by Gasteiger charge is -2.08. The smallest absolute Gasteiger partial charge is 0.266 e. The summed E-state index contributed by atoms with van der Waals surface area (Å²) in [6.45, 7) is 0.869. The molecular weight excluding hydrogens is 270 g/mol. The summed E-state index contributed by atoms with van der Waals surface area (Å²) in [5.41, 5.74) is 0.375. The van der Waals surface area contributed by atoms with E-state index < -0.39 is 0 Å². The van der Waals surface area contributed by atoms with Gasteiger partial charge in [0.05, 0.1) is 25.3 Å². The van der Waals surface area contributed by atoms with Gasteiger partial charge in [-0.05, 0) is 18.2 Å². The van der Waals surface area contributed by atoms with Gasteiger partial charge in [0, 0.05) is 25.1 Å². The quantitative estimate of drug-likeness (QED) is 0.753. The van der Waals surface area contributed by atoms with Gasteiger partial charge in [-0.2, -0.15) is 5.26 Å². The fourth-order valence-corrected chi connectivity index (χ4v) is 1.76. The average Bonchev–Trinajstić information content (AvgIpc) is 2.53. The van der Waals surface area contributed by atoms with E-state index in [4.69, 9.17) is 14.7 Å². The topological polar surface area (TPSA) is 77.1 Å². The minimum Gasteiger partial charge on any atom is -0.493 e. The molecule has 0 aliphatic heterocycles. The molecule has 0 aliphatic rings. The van der Waals surface area contributed by atoms with Crippen molar-refractivity contribution in [2.45, 2.75) is 13.0 Å². The number of rotatable bonds is 6. The minimum atomic E-state index is -0.178. The fourth-order valence-electron chi connectivity index (χ4n) is 1.76. The molecule has 6 heteroatoms. The van der Waals surface area contributed by atoms with E-state index in [2.05, 4.69) is 11.2 Å². The summed E-state index contributed by atoms with van der Waals surface area (Å²) in [5.74, 6) is 1.04. The summed E-state index contributed by atoms with van der Waals surface area (Å²) in [7, 11) is 1.50. The maximum atomic E-state index is 11.6. The first kappa shape index (κ1) is 14.6. The molecule has 0 bridgehead atoms. The van der Waals surface area contributed by atoms with Crippen LogP contribution in [0, 0.1) is 11.3 Å². The first-order chi connectivity index (χ1) is 10.2. The van der Waals surface area contributed by atoms with Gasteiger partial charge in [0.1, 0.15) is 5.75 Å². The third-order valence-corrected chi connectivity index (χ3v) is 2.80. The summed E-state index contributed by atoms with van der Waals surface area (Å²) >= 11 is 0. The highest BCUT2D eigenvalue weighted by Gasteiger charge is 2.01. The lowest BCUT2D eigenvalue weighted by molar-refractivity contribution is 0.293. The van der Waals surface area contributed by atoms with E-state index in [0.29, 0.717) is 36.8 Å². The van der Waals surface area contributed by atoms with E-state index in [9.17, 15) is 4.79 Å². The number of hydrogen-bond donors (Lipinski definition) is 0. The van der Waals surface area contributed by atoms with Crippen molar-refractivity contribution in [1.29, 1.82) is 5.26 Å². The predicted molar refractivity (Wildman–Crippen MR) is 76.3 cm³/mol. The fraction of sp³-hybridized carbons (Fsp3) is 0.267. The highest BCUT2D eigenvalue weighted by Crippen LogP contribution is 2.12. The van der Waals surface area contributed by atoms with Crippen LogP contribution < -0.4 is 15.0 Å². The Morgan fingerprint density at radius 2 is 2.19 bits per heavy atom. The molecule has 0 spiro atoms. The zero-order valence-electron chi connectivity index (χ0n) is 11.7. The Bertz CT molecular complexity index is 704. The number of ether oxygens (including phenoxy) is 2. The highest BCUT2D eigenvalue weighted by molar-refractivity contribution is 5.36. The normalized spacial score (nSPS) is 9.90. The summed E-state index contributed by atoms with van der Waals surface area (Å²) in [6, 6.07) is 12.0. The molecule has 6 nitrogen and oxygen atoms in total. The van der Waals surface area contributed by atoms with Crippen LogP contribution in [0.1, 0.15) is 12.0 Å². The lowest BCUT2D eigenvalue weighted by atomic mass is 10.2. The molecule has 0 atom stereocenters. The maximum absolute atomic E-state index is 11.6. The summed E-state index contributed by atoms with van der Waals surface area (Å²) in [6.07, 6.45) is 0.622. The van der Waals surface area contributed by atoms with Crippen LogP contribution in [0.5, 0.6) is 11.6 Å². The summed E-state index contributed by atoms with van der Waals surface area (Å²) in [4.78, 5) is 11.6. The Labute approximate surface area is 122 Å². The molecule has 2 rings (SSSR count). The summed E-state index contributed by atoms with van der Waals surface area (Å²) < 4.78 is 11.9. The van der Waals surface area contributed by atoms with Crippen molar-refractivity contribution in [3.05, 3.63) is 52.3 Å². The molecule has 0 radical (unpaired) electrons. The number of benzene rings is 1. The third-order valence-electron chi connectivity index (χ3n) is 2.80. The molecular formula is C15H15N3O3. The number of nitrogens with zero attached hydrogens (tertiary/aromatic N) is 3. The van der Waals surface area contributed by atoms with Crippen LogP contribution in [0.2, 0.25) is 0 Å². The van der Waals surface area contributed by atoms with Crippen LogP contribution in [0.3, 0.4) is 0 Å². The number of nitriles is 1. The molecule has 0 N–H and O–H groups in total. The van der Waals surface area contributed by atoms with Crippen LogP contribution in [-0.2, 0) is 6.54 Å². The van der Waals surface area contributed by atoms with Crippen molar-refractivity contribution < 1.29 is 9.47 Å². The van der Waals surface area contributed by atoms with Gasteiger partial charge in [0.2, 0.25) is 5.88 Å². The van der Waals surface area contributed by atoms with E-state index in [0.717, 1.165) is 0 Å². The molecule has 1 aromatic heterocycles. The maximum Gasteiger partial charge on any atom is 0.266 e. The Balaban J connectivity index is 1.87. The van der Waals surface area contributed by atoms with Crippen LogP contribution in [0.4, 0.5) is 0 Å². The van der Waals surface area contributed by atoms with Crippen LogP contribution in [-0.4, -0.2) is 23.5 Å². The number of hydrogen-bond acceptors (Lipinski definition) is 5. The zero-order valence-corrected chi connectivity index (χ0v) is 11.7. The van der Waals surface area contributed by atoms with E-state index in [1.165, 1.54) is 23.9 Å². The number of methoxy groups -OCH3 is 1. The van der Waals surface area contributed by atoms with Gasteiger partial charge in [-0.15, -0.1) is 5.10 Å².